The molecular formula is C20H25F3N6O7S. The lowest BCUT2D eigenvalue weighted by Gasteiger charge is -2.13. The van der Waals surface area contributed by atoms with Crippen LogP contribution in [0, 0.1) is 19.3 Å². The topological polar surface area (TPSA) is 217 Å². The van der Waals surface area contributed by atoms with Crippen LogP contribution in [-0.4, -0.2) is 55.7 Å². The van der Waals surface area contributed by atoms with Crippen LogP contribution in [0.3, 0.4) is 0 Å². The average molecular weight is 551 g/mol. The van der Waals surface area contributed by atoms with Crippen molar-refractivity contribution in [3.8, 4) is 0 Å². The van der Waals surface area contributed by atoms with Gasteiger partial charge in [-0.15, -0.1) is 0 Å². The number of amides is 1. The van der Waals surface area contributed by atoms with Crippen LogP contribution in [0.5, 0.6) is 0 Å². The van der Waals surface area contributed by atoms with Crippen molar-refractivity contribution in [1.82, 2.24) is 15.8 Å². The number of H-pyrrole nitrogens is 1. The third-order valence-corrected chi connectivity index (χ3v) is 5.44. The molecule has 13 nitrogen and oxygen atoms in total. The highest BCUT2D eigenvalue weighted by molar-refractivity contribution is 7.92. The molecule has 0 radical (unpaired) electrons. The van der Waals surface area contributed by atoms with E-state index in [1.807, 2.05) is 0 Å². The molecule has 0 unspecified atom stereocenters. The minimum absolute atomic E-state index is 0.00740. The van der Waals surface area contributed by atoms with Crippen LogP contribution in [0.1, 0.15) is 16.8 Å². The Hall–Kier alpha value is -4.12. The van der Waals surface area contributed by atoms with Gasteiger partial charge >= 0.3 is 12.1 Å². The number of alkyl halides is 3. The van der Waals surface area contributed by atoms with E-state index in [2.05, 4.69) is 20.5 Å². The summed E-state index contributed by atoms with van der Waals surface area (Å²) in [4.78, 5) is 40.9. The van der Waals surface area contributed by atoms with E-state index in [9.17, 15) is 31.2 Å². The predicted molar refractivity (Wildman–Crippen MR) is 125 cm³/mol. The highest BCUT2D eigenvalue weighted by Crippen LogP contribution is 2.19. The summed E-state index contributed by atoms with van der Waals surface area (Å²) >= 11 is 0. The number of hydrogen-bond donors (Lipinski definition) is 7. The highest BCUT2D eigenvalue weighted by Gasteiger charge is 2.38. The number of benzene rings is 1. The van der Waals surface area contributed by atoms with Crippen molar-refractivity contribution in [3.05, 3.63) is 57.5 Å². The third-order valence-electron chi connectivity index (χ3n) is 4.09. The van der Waals surface area contributed by atoms with Crippen molar-refractivity contribution in [2.45, 2.75) is 31.3 Å². The predicted octanol–water partition coefficient (Wildman–Crippen LogP) is 0.499. The molecule has 1 aromatic heterocycles. The lowest BCUT2D eigenvalue weighted by atomic mass is 10.1. The minimum atomic E-state index is -5.08. The van der Waals surface area contributed by atoms with Gasteiger partial charge < -0.3 is 21.1 Å². The number of anilines is 1. The van der Waals surface area contributed by atoms with Gasteiger partial charge in [0.1, 0.15) is 5.69 Å². The molecule has 1 aromatic carbocycles. The largest absolute Gasteiger partial charge is 0.490 e. The first kappa shape index (κ1) is 30.9. The van der Waals surface area contributed by atoms with Gasteiger partial charge in [0.15, 0.2) is 0 Å². The monoisotopic (exact) mass is 550 g/mol. The second-order valence-electron chi connectivity index (χ2n) is 7.30. The number of carbonyl (C=O) groups excluding carboxylic acids is 1. The van der Waals surface area contributed by atoms with Crippen molar-refractivity contribution in [2.75, 3.05) is 17.9 Å². The van der Waals surface area contributed by atoms with Crippen molar-refractivity contribution < 1.29 is 41.1 Å². The molecular weight excluding hydrogens is 525 g/mol. The Morgan fingerprint density at radius 2 is 1.84 bits per heavy atom. The number of hydroxylamine groups is 1. The fraction of sp³-hybridized carbons (Fsp3) is 0.300. The Morgan fingerprint density at radius 3 is 2.38 bits per heavy atom. The fourth-order valence-electron chi connectivity index (χ4n) is 2.59. The first-order valence-electron chi connectivity index (χ1n) is 10.1. The number of nitrogens with two attached hydrogens (primary N) is 1. The number of halogens is 3. The molecule has 1 amide bonds. The quantitative estimate of drug-likeness (QED) is 0.0999. The second-order valence-corrected chi connectivity index (χ2v) is 8.98. The molecule has 2 rings (SSSR count). The normalized spacial score (nSPS) is 11.1. The molecule has 17 heteroatoms. The number of carboxylic acids is 1. The molecule has 0 spiro atoms. The summed E-state index contributed by atoms with van der Waals surface area (Å²) in [5, 5.41) is 16.6. The average Bonchev–Trinajstić information content (AvgIpc) is 2.75. The molecule has 1 heterocycles. The Balaban J connectivity index is 0.000000856. The van der Waals surface area contributed by atoms with Crippen molar-refractivity contribution in [1.29, 1.82) is 5.41 Å². The van der Waals surface area contributed by atoms with Gasteiger partial charge in [-0.2, -0.15) is 13.2 Å². The molecule has 0 bridgehead atoms. The Kier molecular flexibility index (Phi) is 11.1. The van der Waals surface area contributed by atoms with E-state index in [0.717, 1.165) is 5.56 Å². The maximum Gasteiger partial charge on any atom is 0.490 e. The number of aromatic amines is 1. The van der Waals surface area contributed by atoms with E-state index in [1.165, 1.54) is 18.2 Å². The van der Waals surface area contributed by atoms with Gasteiger partial charge in [0.25, 0.3) is 15.6 Å². The number of pyridine rings is 1. The van der Waals surface area contributed by atoms with E-state index >= 15 is 0 Å². The van der Waals surface area contributed by atoms with Crippen LogP contribution in [0.2, 0.25) is 0 Å². The number of nitrogens with one attached hydrogen (secondary N) is 5. The zero-order chi connectivity index (χ0) is 28.4. The molecule has 204 valence electrons. The molecule has 0 aliphatic carbocycles. The van der Waals surface area contributed by atoms with E-state index in [0.29, 0.717) is 5.69 Å². The number of aliphatic carboxylic acids is 1. The lowest BCUT2D eigenvalue weighted by molar-refractivity contribution is -0.192. The molecule has 0 saturated heterocycles. The van der Waals surface area contributed by atoms with E-state index in [1.54, 1.807) is 26.0 Å². The Morgan fingerprint density at radius 1 is 1.22 bits per heavy atom. The van der Waals surface area contributed by atoms with Gasteiger partial charge in [0.2, 0.25) is 11.9 Å². The molecule has 2 aromatic rings. The maximum absolute atomic E-state index is 12.7. The number of guanidine groups is 1. The Labute approximate surface area is 208 Å². The number of aromatic nitrogens is 1. The van der Waals surface area contributed by atoms with Crippen LogP contribution in [0.25, 0.3) is 0 Å². The first-order valence-corrected chi connectivity index (χ1v) is 11.6. The maximum atomic E-state index is 12.7. The number of rotatable bonds is 9. The van der Waals surface area contributed by atoms with Crippen molar-refractivity contribution in [2.24, 2.45) is 5.73 Å². The molecule has 0 aliphatic rings. The first-order chi connectivity index (χ1) is 17.0. The van der Waals surface area contributed by atoms with E-state index < -0.39 is 33.6 Å². The van der Waals surface area contributed by atoms with Crippen LogP contribution in [0.4, 0.5) is 18.9 Å². The van der Waals surface area contributed by atoms with Crippen LogP contribution < -0.4 is 26.8 Å². The number of sulfonamides is 1. The van der Waals surface area contributed by atoms with Gasteiger partial charge in [-0.05, 0) is 43.2 Å². The number of aryl methyl sites for hydroxylation is 2. The molecule has 37 heavy (non-hydrogen) atoms. The van der Waals surface area contributed by atoms with E-state index in [4.69, 9.17) is 25.9 Å². The summed E-state index contributed by atoms with van der Waals surface area (Å²) in [6, 6.07) is 7.78. The molecule has 8 N–H and O–H groups in total. The zero-order valence-electron chi connectivity index (χ0n) is 19.5. The van der Waals surface area contributed by atoms with E-state index in [-0.39, 0.29) is 41.7 Å². The van der Waals surface area contributed by atoms with Gasteiger partial charge in [0.05, 0.1) is 17.9 Å². The lowest BCUT2D eigenvalue weighted by Crippen LogP contribution is -2.35. The molecule has 0 fully saturated rings. The van der Waals surface area contributed by atoms with Crippen LogP contribution in [0.15, 0.2) is 40.0 Å². The van der Waals surface area contributed by atoms with Crippen LogP contribution in [-0.2, 0) is 30.9 Å². The summed E-state index contributed by atoms with van der Waals surface area (Å²) in [5.41, 5.74) is 7.77. The number of carbonyl (C=O) groups is 2. The van der Waals surface area contributed by atoms with Crippen molar-refractivity contribution in [3.63, 3.8) is 0 Å². The molecule has 0 saturated carbocycles. The van der Waals surface area contributed by atoms with Gasteiger partial charge in [0, 0.05) is 12.2 Å². The summed E-state index contributed by atoms with van der Waals surface area (Å²) in [7, 11) is -4.02. The summed E-state index contributed by atoms with van der Waals surface area (Å²) in [6.45, 7) is 3.55. The second kappa shape index (κ2) is 13.3. The van der Waals surface area contributed by atoms with Crippen LogP contribution >= 0.6 is 0 Å². The third kappa shape index (κ3) is 11.0. The van der Waals surface area contributed by atoms with Gasteiger partial charge in [-0.25, -0.2) is 18.7 Å². The number of carboxylic acid groups (broad SMARTS) is 1. The summed E-state index contributed by atoms with van der Waals surface area (Å²) < 4.78 is 59.5. The Bertz CT molecular complexity index is 1300. The number of hydrogen-bond acceptors (Lipinski definition) is 7. The van der Waals surface area contributed by atoms with Crippen molar-refractivity contribution >= 4 is 33.5 Å². The smallest absolute Gasteiger partial charge is 0.475 e. The zero-order valence-corrected chi connectivity index (χ0v) is 20.3. The molecule has 0 atom stereocenters. The van der Waals surface area contributed by atoms with Gasteiger partial charge in [-0.1, -0.05) is 12.1 Å². The fourth-order valence-corrected chi connectivity index (χ4v) is 3.80. The molecule has 0 aliphatic heterocycles. The SMILES string of the molecule is Cc1cccc(S(=O)(=O)Nc2c(CC(=O)NCCONC(=N)N)cc(C)[nH]c2=O)c1.O=C(O)C(F)(F)F. The standard InChI is InChI=1S/C18H24N6O5S.C2HF3O2/c1-11-4-3-5-14(8-11)30(27,28)24-16-13(9-12(2)22-17(16)26)10-15(25)21-6-7-29-23-18(19)20;3-2(4,5)1(6)7/h3-5,8-9,24H,6-7,10H2,1-2H3,(H,21,25)(H,22,26)(H4,19,20,23);(H,6,7). The van der Waals surface area contributed by atoms with Gasteiger partial charge in [-0.3, -0.25) is 24.6 Å². The highest BCUT2D eigenvalue weighted by atomic mass is 32.2. The minimum Gasteiger partial charge on any atom is -0.475 e. The summed E-state index contributed by atoms with van der Waals surface area (Å²) in [6.07, 6.45) is -5.31. The summed E-state index contributed by atoms with van der Waals surface area (Å²) in [5.74, 6) is -3.57.